The predicted molar refractivity (Wildman–Crippen MR) is 136 cm³/mol. The van der Waals surface area contributed by atoms with Crippen molar-refractivity contribution in [1.82, 2.24) is 14.8 Å². The maximum absolute atomic E-state index is 13.2. The molecule has 1 unspecified atom stereocenters. The van der Waals surface area contributed by atoms with Crippen LogP contribution in [0.4, 0.5) is 11.6 Å². The number of ether oxygens (including phenoxy) is 2. The minimum absolute atomic E-state index is 0.125. The Kier molecular flexibility index (Phi) is 6.19. The second-order valence-corrected chi connectivity index (χ2v) is 8.73. The van der Waals surface area contributed by atoms with Crippen molar-refractivity contribution in [1.29, 1.82) is 0 Å². The van der Waals surface area contributed by atoms with Gasteiger partial charge in [0.15, 0.2) is 11.6 Å². The maximum atomic E-state index is 13.2. The molecule has 8 nitrogen and oxygen atoms in total. The number of ketones is 1. The number of benzene rings is 2. The lowest BCUT2D eigenvalue weighted by atomic mass is 9.85. The van der Waals surface area contributed by atoms with Gasteiger partial charge >= 0.3 is 0 Å². The summed E-state index contributed by atoms with van der Waals surface area (Å²) in [6.07, 6.45) is 2.14. The standard InChI is InChI=1S/C27H31N5O3/c1-5-31(6-2)18-12-10-17(11-13-18)26-29-27-28-21-8-7-9-22(33)24(21)25(32(27)30-26)20-16-19(34-3)14-15-23(20)35-4/h10-16,25H,5-9H2,1-4H3,(H,28,29,30). The number of carbonyl (C=O) groups excluding carboxylic acids is 1. The second-order valence-electron chi connectivity index (χ2n) is 8.73. The molecule has 3 aromatic rings. The highest BCUT2D eigenvalue weighted by Gasteiger charge is 2.38. The monoisotopic (exact) mass is 473 g/mol. The molecule has 1 aromatic heterocycles. The Morgan fingerprint density at radius 2 is 1.83 bits per heavy atom. The Hall–Kier alpha value is -3.81. The SMILES string of the molecule is CCN(CC)c1ccc(-c2nc3n(n2)C(c2cc(OC)ccc2OC)C2=C(CCCC2=O)N3)cc1. The summed E-state index contributed by atoms with van der Waals surface area (Å²) in [7, 11) is 3.26. The van der Waals surface area contributed by atoms with Crippen LogP contribution in [0.25, 0.3) is 11.4 Å². The maximum Gasteiger partial charge on any atom is 0.226 e. The number of hydrogen-bond acceptors (Lipinski definition) is 7. The summed E-state index contributed by atoms with van der Waals surface area (Å²) in [5.41, 5.74) is 4.56. The average Bonchev–Trinajstić information content (AvgIpc) is 3.32. The number of nitrogens with one attached hydrogen (secondary N) is 1. The smallest absolute Gasteiger partial charge is 0.226 e. The van der Waals surface area contributed by atoms with Gasteiger partial charge in [-0.05, 0) is 69.2 Å². The third-order valence-corrected chi connectivity index (χ3v) is 6.85. The lowest BCUT2D eigenvalue weighted by Crippen LogP contribution is -2.31. The molecular weight excluding hydrogens is 442 g/mol. The quantitative estimate of drug-likeness (QED) is 0.526. The van der Waals surface area contributed by atoms with Crippen LogP contribution < -0.4 is 19.7 Å². The Balaban J connectivity index is 1.62. The van der Waals surface area contributed by atoms with Gasteiger partial charge in [0.25, 0.3) is 0 Å². The number of nitrogens with zero attached hydrogens (tertiary/aromatic N) is 4. The van der Waals surface area contributed by atoms with Crippen LogP contribution in [0.15, 0.2) is 53.7 Å². The minimum Gasteiger partial charge on any atom is -0.497 e. The van der Waals surface area contributed by atoms with Crippen LogP contribution in [0.3, 0.4) is 0 Å². The molecule has 2 aliphatic rings. The van der Waals surface area contributed by atoms with E-state index in [0.29, 0.717) is 29.7 Å². The summed E-state index contributed by atoms with van der Waals surface area (Å²) in [6, 6.07) is 13.5. The summed E-state index contributed by atoms with van der Waals surface area (Å²) in [4.78, 5) is 20.3. The fourth-order valence-corrected chi connectivity index (χ4v) is 5.03. The number of aromatic nitrogens is 3. The molecule has 5 rings (SSSR count). The van der Waals surface area contributed by atoms with Crippen molar-refractivity contribution in [3.63, 3.8) is 0 Å². The number of allylic oxidation sites excluding steroid dienone is 2. The van der Waals surface area contributed by atoms with Crippen LogP contribution in [-0.4, -0.2) is 47.9 Å². The molecule has 0 saturated heterocycles. The summed E-state index contributed by atoms with van der Waals surface area (Å²) in [6.45, 7) is 6.20. The highest BCUT2D eigenvalue weighted by Crippen LogP contribution is 2.44. The fraction of sp³-hybridized carbons (Fsp3) is 0.370. The third-order valence-electron chi connectivity index (χ3n) is 6.85. The lowest BCUT2D eigenvalue weighted by molar-refractivity contribution is -0.116. The summed E-state index contributed by atoms with van der Waals surface area (Å²) in [5, 5.41) is 8.30. The van der Waals surface area contributed by atoms with Crippen LogP contribution in [0.5, 0.6) is 11.5 Å². The van der Waals surface area contributed by atoms with Gasteiger partial charge in [-0.25, -0.2) is 4.68 Å². The summed E-state index contributed by atoms with van der Waals surface area (Å²) >= 11 is 0. The van der Waals surface area contributed by atoms with Gasteiger partial charge in [-0.2, -0.15) is 4.98 Å². The van der Waals surface area contributed by atoms with Crippen LogP contribution in [0.1, 0.15) is 44.7 Å². The average molecular weight is 474 g/mol. The number of fused-ring (bicyclic) bond motifs is 1. The van der Waals surface area contributed by atoms with Gasteiger partial charge in [-0.15, -0.1) is 5.10 Å². The van der Waals surface area contributed by atoms with Gasteiger partial charge < -0.3 is 19.7 Å². The first-order chi connectivity index (χ1) is 17.1. The zero-order valence-corrected chi connectivity index (χ0v) is 20.7. The molecule has 35 heavy (non-hydrogen) atoms. The number of methoxy groups -OCH3 is 2. The van der Waals surface area contributed by atoms with Crippen molar-refractivity contribution in [2.75, 3.05) is 37.5 Å². The minimum atomic E-state index is -0.449. The first kappa shape index (κ1) is 23.0. The summed E-state index contributed by atoms with van der Waals surface area (Å²) < 4.78 is 13.0. The van der Waals surface area contributed by atoms with Crippen LogP contribution in [-0.2, 0) is 4.79 Å². The molecule has 0 fully saturated rings. The molecule has 2 aromatic carbocycles. The normalized spacial score (nSPS) is 16.9. The van der Waals surface area contributed by atoms with E-state index >= 15 is 0 Å². The molecule has 1 N–H and O–H groups in total. The zero-order valence-electron chi connectivity index (χ0n) is 20.7. The first-order valence-corrected chi connectivity index (χ1v) is 12.1. The third kappa shape index (κ3) is 4.03. The number of Topliss-reactive ketones (excluding diaryl/α,β-unsaturated/α-hetero) is 1. The van der Waals surface area contributed by atoms with Crippen molar-refractivity contribution in [2.45, 2.75) is 39.2 Å². The molecule has 0 saturated carbocycles. The molecular formula is C27H31N5O3. The molecule has 0 spiro atoms. The van der Waals surface area contributed by atoms with E-state index in [-0.39, 0.29) is 5.78 Å². The van der Waals surface area contributed by atoms with E-state index in [4.69, 9.17) is 19.6 Å². The molecule has 0 radical (unpaired) electrons. The van der Waals surface area contributed by atoms with E-state index in [2.05, 4.69) is 48.3 Å². The molecule has 2 heterocycles. The molecule has 1 aliphatic carbocycles. The zero-order chi connectivity index (χ0) is 24.5. The van der Waals surface area contributed by atoms with E-state index in [0.717, 1.165) is 48.3 Å². The Morgan fingerprint density at radius 3 is 2.51 bits per heavy atom. The molecule has 0 bridgehead atoms. The molecule has 182 valence electrons. The van der Waals surface area contributed by atoms with Crippen molar-refractivity contribution in [2.24, 2.45) is 0 Å². The highest BCUT2D eigenvalue weighted by molar-refractivity contribution is 5.99. The van der Waals surface area contributed by atoms with Crippen LogP contribution in [0, 0.1) is 0 Å². The van der Waals surface area contributed by atoms with E-state index in [9.17, 15) is 4.79 Å². The summed E-state index contributed by atoms with van der Waals surface area (Å²) in [5.74, 6) is 2.72. The fourth-order valence-electron chi connectivity index (χ4n) is 5.03. The largest absolute Gasteiger partial charge is 0.497 e. The lowest BCUT2D eigenvalue weighted by Gasteiger charge is -2.32. The molecule has 8 heteroatoms. The Labute approximate surface area is 205 Å². The van der Waals surface area contributed by atoms with E-state index in [1.807, 2.05) is 22.9 Å². The number of anilines is 2. The van der Waals surface area contributed by atoms with E-state index in [1.54, 1.807) is 14.2 Å². The van der Waals surface area contributed by atoms with E-state index < -0.39 is 6.04 Å². The number of carbonyl (C=O) groups is 1. The van der Waals surface area contributed by atoms with Crippen molar-refractivity contribution >= 4 is 17.4 Å². The van der Waals surface area contributed by atoms with Gasteiger partial charge in [-0.3, -0.25) is 4.79 Å². The first-order valence-electron chi connectivity index (χ1n) is 12.1. The second kappa shape index (κ2) is 9.44. The van der Waals surface area contributed by atoms with E-state index in [1.165, 1.54) is 5.69 Å². The Morgan fingerprint density at radius 1 is 1.06 bits per heavy atom. The van der Waals surface area contributed by atoms with Crippen LogP contribution >= 0.6 is 0 Å². The van der Waals surface area contributed by atoms with Gasteiger partial charge in [0.2, 0.25) is 5.95 Å². The number of rotatable bonds is 7. The van der Waals surface area contributed by atoms with Crippen LogP contribution in [0.2, 0.25) is 0 Å². The predicted octanol–water partition coefficient (Wildman–Crippen LogP) is 4.83. The van der Waals surface area contributed by atoms with Gasteiger partial charge in [0.05, 0.1) is 14.2 Å². The highest BCUT2D eigenvalue weighted by atomic mass is 16.5. The number of hydrogen-bond donors (Lipinski definition) is 1. The molecule has 1 atom stereocenters. The van der Waals surface area contributed by atoms with Crippen molar-refractivity contribution in [3.05, 3.63) is 59.3 Å². The molecule has 1 aliphatic heterocycles. The topological polar surface area (TPSA) is 81.5 Å². The molecule has 0 amide bonds. The van der Waals surface area contributed by atoms with Crippen molar-refractivity contribution in [3.8, 4) is 22.9 Å². The van der Waals surface area contributed by atoms with Gasteiger partial charge in [0, 0.05) is 47.6 Å². The van der Waals surface area contributed by atoms with Crippen molar-refractivity contribution < 1.29 is 14.3 Å². The van der Waals surface area contributed by atoms with Gasteiger partial charge in [-0.1, -0.05) is 0 Å². The van der Waals surface area contributed by atoms with Gasteiger partial charge in [0.1, 0.15) is 17.5 Å². The Bertz CT molecular complexity index is 1270.